The summed E-state index contributed by atoms with van der Waals surface area (Å²) >= 11 is 0. The number of nitrogens with zero attached hydrogens (tertiary/aromatic N) is 1. The lowest BCUT2D eigenvalue weighted by atomic mass is 9.98. The van der Waals surface area contributed by atoms with Crippen molar-refractivity contribution in [1.29, 1.82) is 0 Å². The van der Waals surface area contributed by atoms with Gasteiger partial charge in [0.1, 0.15) is 12.2 Å². The zero-order valence-corrected chi connectivity index (χ0v) is 32.5. The number of carbonyl (C=O) groups is 1. The van der Waals surface area contributed by atoms with E-state index in [2.05, 4.69) is 67.4 Å². The first-order valence-corrected chi connectivity index (χ1v) is 20.8. The highest BCUT2D eigenvalue weighted by molar-refractivity contribution is 5.78. The first-order chi connectivity index (χ1) is 24.0. The summed E-state index contributed by atoms with van der Waals surface area (Å²) in [6.45, 7) is 5.19. The summed E-state index contributed by atoms with van der Waals surface area (Å²) in [5.74, 6) is -0.878. The third-order valence-electron chi connectivity index (χ3n) is 9.92. The van der Waals surface area contributed by atoms with E-state index >= 15 is 0 Å². The van der Waals surface area contributed by atoms with Crippen molar-refractivity contribution in [3.63, 3.8) is 0 Å². The summed E-state index contributed by atoms with van der Waals surface area (Å²) in [6.07, 6.45) is 49.0. The Balaban J connectivity index is 1.63. The van der Waals surface area contributed by atoms with Crippen LogP contribution < -0.4 is 0 Å². The number of likely N-dealkylation sites (N-methyl/N-ethyl adjacent to an activating group) is 1. The van der Waals surface area contributed by atoms with Crippen LogP contribution in [-0.4, -0.2) is 55.6 Å². The third kappa shape index (κ3) is 20.7. The molecule has 0 saturated carbocycles. The minimum atomic E-state index is -0.635. The summed E-state index contributed by atoms with van der Waals surface area (Å²) in [5.41, 5.74) is 0. The van der Waals surface area contributed by atoms with Gasteiger partial charge in [-0.25, -0.2) is 4.79 Å². The monoisotopic (exact) mass is 684 g/mol. The lowest BCUT2D eigenvalue weighted by molar-refractivity contribution is -0.211. The number of carbonyl (C=O) groups excluding carboxylic acids is 1. The molecule has 0 bridgehead atoms. The second-order valence-corrected chi connectivity index (χ2v) is 14.9. The van der Waals surface area contributed by atoms with Crippen molar-refractivity contribution in [2.75, 3.05) is 20.6 Å². The maximum atomic E-state index is 12.7. The highest BCUT2D eigenvalue weighted by atomic mass is 16.8. The number of hydrogen-bond donors (Lipinski definition) is 0. The van der Waals surface area contributed by atoms with Crippen LogP contribution in [0.25, 0.3) is 0 Å². The summed E-state index contributed by atoms with van der Waals surface area (Å²) < 4.78 is 18.8. The topological polar surface area (TPSA) is 48.0 Å². The zero-order valence-electron chi connectivity index (χ0n) is 32.5. The molecule has 5 heteroatoms. The van der Waals surface area contributed by atoms with Crippen LogP contribution >= 0.6 is 0 Å². The second kappa shape index (κ2) is 28.9. The van der Waals surface area contributed by atoms with E-state index in [1.165, 1.54) is 128 Å². The molecule has 49 heavy (non-hydrogen) atoms. The van der Waals surface area contributed by atoms with Gasteiger partial charge in [0.25, 0.3) is 0 Å². The van der Waals surface area contributed by atoms with Crippen LogP contribution in [0.4, 0.5) is 0 Å². The van der Waals surface area contributed by atoms with Gasteiger partial charge in [-0.1, -0.05) is 140 Å². The number of ether oxygens (including phenoxy) is 3. The molecule has 0 aliphatic carbocycles. The van der Waals surface area contributed by atoms with E-state index in [0.717, 1.165) is 38.5 Å². The fraction of sp³-hybridized carbons (Fsp3) is 0.795. The third-order valence-corrected chi connectivity index (χ3v) is 9.92. The molecule has 0 spiro atoms. The molecule has 0 radical (unpaired) electrons. The van der Waals surface area contributed by atoms with Gasteiger partial charge in [0.2, 0.25) is 0 Å². The normalized spacial score (nSPS) is 20.7. The molecule has 2 heterocycles. The lowest BCUT2D eigenvalue weighted by Crippen LogP contribution is -2.38. The van der Waals surface area contributed by atoms with Crippen LogP contribution in [0.2, 0.25) is 0 Å². The Morgan fingerprint density at radius 1 is 0.551 bits per heavy atom. The van der Waals surface area contributed by atoms with Gasteiger partial charge in [-0.3, -0.25) is 0 Å². The molecule has 2 rings (SSSR count). The summed E-state index contributed by atoms with van der Waals surface area (Å²) in [6, 6.07) is 0. The van der Waals surface area contributed by atoms with Crippen molar-refractivity contribution in [3.05, 3.63) is 48.6 Å². The van der Waals surface area contributed by atoms with E-state index in [4.69, 9.17) is 14.2 Å². The molecule has 2 saturated heterocycles. The molecule has 0 amide bonds. The van der Waals surface area contributed by atoms with Gasteiger partial charge in [0, 0.05) is 19.4 Å². The average Bonchev–Trinajstić information content (AvgIpc) is 3.59. The van der Waals surface area contributed by atoms with Crippen molar-refractivity contribution in [2.45, 2.75) is 205 Å². The lowest BCUT2D eigenvalue weighted by Gasteiger charge is -2.30. The maximum absolute atomic E-state index is 12.7. The van der Waals surface area contributed by atoms with Crippen molar-refractivity contribution < 1.29 is 19.0 Å². The predicted molar refractivity (Wildman–Crippen MR) is 209 cm³/mol. The Bertz CT molecular complexity index is 874. The Labute approximate surface area is 303 Å². The zero-order chi connectivity index (χ0) is 35.3. The van der Waals surface area contributed by atoms with Crippen molar-refractivity contribution in [1.82, 2.24) is 4.90 Å². The number of cyclic esters (lactones) is 1. The molecule has 0 aromatic heterocycles. The Kier molecular flexibility index (Phi) is 25.7. The number of esters is 1. The number of hydrogen-bond acceptors (Lipinski definition) is 5. The molecule has 2 fully saturated rings. The highest BCUT2D eigenvalue weighted by Gasteiger charge is 2.58. The van der Waals surface area contributed by atoms with Crippen LogP contribution in [0.3, 0.4) is 0 Å². The van der Waals surface area contributed by atoms with E-state index in [9.17, 15) is 4.79 Å². The number of allylic oxidation sites excluding steroid dienone is 8. The molecule has 0 aromatic rings. The molecule has 2 aliphatic rings. The fourth-order valence-corrected chi connectivity index (χ4v) is 7.00. The van der Waals surface area contributed by atoms with Crippen molar-refractivity contribution in [2.24, 2.45) is 0 Å². The van der Waals surface area contributed by atoms with Gasteiger partial charge >= 0.3 is 5.97 Å². The maximum Gasteiger partial charge on any atom is 0.338 e. The number of rotatable bonds is 32. The summed E-state index contributed by atoms with van der Waals surface area (Å²) in [4.78, 5) is 14.8. The molecule has 5 nitrogen and oxygen atoms in total. The van der Waals surface area contributed by atoms with Gasteiger partial charge in [-0.15, -0.1) is 0 Å². The van der Waals surface area contributed by atoms with Crippen molar-refractivity contribution >= 4 is 5.97 Å². The van der Waals surface area contributed by atoms with E-state index in [-0.39, 0.29) is 18.2 Å². The number of unbranched alkanes of at least 4 members (excludes halogenated alkanes) is 18. The van der Waals surface area contributed by atoms with E-state index in [0.29, 0.717) is 6.54 Å². The molecule has 3 unspecified atom stereocenters. The Morgan fingerprint density at radius 3 is 1.39 bits per heavy atom. The molecular weight excluding hydrogens is 606 g/mol. The van der Waals surface area contributed by atoms with E-state index < -0.39 is 11.9 Å². The van der Waals surface area contributed by atoms with Crippen LogP contribution in [-0.2, 0) is 19.0 Å². The second-order valence-electron chi connectivity index (χ2n) is 14.9. The molecule has 0 N–H and O–H groups in total. The van der Waals surface area contributed by atoms with Gasteiger partial charge < -0.3 is 19.1 Å². The average molecular weight is 684 g/mol. The highest BCUT2D eigenvalue weighted by Crippen LogP contribution is 2.42. The molecule has 282 valence electrons. The fourth-order valence-electron chi connectivity index (χ4n) is 7.00. The number of fused-ring (bicyclic) bond motifs is 1. The predicted octanol–water partition coefficient (Wildman–Crippen LogP) is 12.4. The minimum Gasteiger partial charge on any atom is -0.456 e. The summed E-state index contributed by atoms with van der Waals surface area (Å²) in [7, 11) is 4.02. The van der Waals surface area contributed by atoms with Gasteiger partial charge in [0.05, 0.1) is 0 Å². The molecule has 0 aromatic carbocycles. The van der Waals surface area contributed by atoms with E-state index in [1.807, 2.05) is 14.1 Å². The quantitative estimate of drug-likeness (QED) is 0.0401. The van der Waals surface area contributed by atoms with Crippen LogP contribution in [0.5, 0.6) is 0 Å². The van der Waals surface area contributed by atoms with Gasteiger partial charge in [-0.05, 0) is 91.1 Å². The first-order valence-electron chi connectivity index (χ1n) is 20.8. The van der Waals surface area contributed by atoms with Crippen LogP contribution in [0.1, 0.15) is 181 Å². The molecular formula is C44H77NO4. The minimum absolute atomic E-state index is 0.243. The standard InChI is InChI=1S/C44H77NO4/c1-5-7-9-11-13-15-17-19-21-23-25-27-29-31-33-35-37-44(48-41-40(39-45(3)4)47-43(46)42(41)49-44)38-36-34-32-30-28-26-24-22-20-18-16-14-12-10-8-6-2/h13-16,19-22,40-42H,5-12,17-18,23-39H2,1-4H3/b15-13-,16-14-,21-19-,22-20-. The smallest absolute Gasteiger partial charge is 0.338 e. The Hall–Kier alpha value is -1.69. The van der Waals surface area contributed by atoms with E-state index in [1.54, 1.807) is 0 Å². The van der Waals surface area contributed by atoms with Crippen LogP contribution in [0.15, 0.2) is 48.6 Å². The largest absolute Gasteiger partial charge is 0.456 e. The molecule has 3 atom stereocenters. The first kappa shape index (κ1) is 43.5. The van der Waals surface area contributed by atoms with Gasteiger partial charge in [-0.2, -0.15) is 0 Å². The SMILES string of the molecule is CCCCC/C=C\C/C=C\CCCCCCCCC1(CCCCCCCC/C=C\C/C=C\CCCCC)OC2C(=O)OC(CN(C)C)C2O1. The Morgan fingerprint density at radius 2 is 0.959 bits per heavy atom. The van der Waals surface area contributed by atoms with Crippen LogP contribution in [0, 0.1) is 0 Å². The van der Waals surface area contributed by atoms with Gasteiger partial charge in [0.15, 0.2) is 11.9 Å². The summed E-state index contributed by atoms with van der Waals surface area (Å²) in [5, 5.41) is 0. The molecule has 2 aliphatic heterocycles. The van der Waals surface area contributed by atoms with Crippen molar-refractivity contribution in [3.8, 4) is 0 Å².